The minimum absolute atomic E-state index is 0.104. The molecule has 0 radical (unpaired) electrons. The van der Waals surface area contributed by atoms with Crippen LogP contribution in [-0.2, 0) is 4.79 Å². The first-order valence-electron chi connectivity index (χ1n) is 6.43. The van der Waals surface area contributed by atoms with Crippen molar-refractivity contribution in [3.05, 3.63) is 0 Å². The largest absolute Gasteiger partial charge is 0.356 e. The molecule has 0 aromatic carbocycles. The van der Waals surface area contributed by atoms with Crippen LogP contribution < -0.4 is 5.32 Å². The topological polar surface area (TPSA) is 32.3 Å². The van der Waals surface area contributed by atoms with Gasteiger partial charge in [-0.1, -0.05) is 20.3 Å². The molecule has 0 aliphatic heterocycles. The van der Waals surface area contributed by atoms with Gasteiger partial charge in [0.1, 0.15) is 0 Å². The summed E-state index contributed by atoms with van der Waals surface area (Å²) < 4.78 is 0. The van der Waals surface area contributed by atoms with Gasteiger partial charge in [0.2, 0.25) is 5.91 Å². The van der Waals surface area contributed by atoms with Crippen LogP contribution in [0.2, 0.25) is 0 Å². The van der Waals surface area contributed by atoms with Gasteiger partial charge in [0.15, 0.2) is 0 Å². The van der Waals surface area contributed by atoms with E-state index in [4.69, 9.17) is 0 Å². The van der Waals surface area contributed by atoms with Crippen LogP contribution in [0.4, 0.5) is 0 Å². The molecule has 0 spiro atoms. The molecular weight excluding hydrogens is 200 g/mol. The van der Waals surface area contributed by atoms with Gasteiger partial charge in [0.25, 0.3) is 0 Å². The molecule has 0 aliphatic rings. The molecular formula is C13H28N2O. The van der Waals surface area contributed by atoms with Crippen molar-refractivity contribution in [2.24, 2.45) is 5.92 Å². The lowest BCUT2D eigenvalue weighted by molar-refractivity contribution is -0.123. The third-order valence-corrected chi connectivity index (χ3v) is 2.89. The van der Waals surface area contributed by atoms with Crippen molar-refractivity contribution in [1.82, 2.24) is 10.2 Å². The van der Waals surface area contributed by atoms with Crippen LogP contribution in [0.25, 0.3) is 0 Å². The highest BCUT2D eigenvalue weighted by Crippen LogP contribution is 2.00. The van der Waals surface area contributed by atoms with Gasteiger partial charge in [-0.25, -0.2) is 0 Å². The van der Waals surface area contributed by atoms with E-state index < -0.39 is 0 Å². The van der Waals surface area contributed by atoms with E-state index >= 15 is 0 Å². The van der Waals surface area contributed by atoms with Gasteiger partial charge in [-0.2, -0.15) is 0 Å². The summed E-state index contributed by atoms with van der Waals surface area (Å²) in [5.41, 5.74) is 0. The van der Waals surface area contributed by atoms with Crippen molar-refractivity contribution >= 4 is 5.91 Å². The van der Waals surface area contributed by atoms with Gasteiger partial charge in [-0.15, -0.1) is 0 Å². The number of carbonyl (C=O) groups excluding carboxylic acids is 1. The number of hydrogen-bond donors (Lipinski definition) is 1. The second-order valence-electron chi connectivity index (χ2n) is 5.08. The highest BCUT2D eigenvalue weighted by atomic mass is 16.1. The highest BCUT2D eigenvalue weighted by molar-refractivity contribution is 5.77. The van der Waals surface area contributed by atoms with Crippen molar-refractivity contribution < 1.29 is 4.79 Å². The first-order valence-corrected chi connectivity index (χ1v) is 6.43. The van der Waals surface area contributed by atoms with Crippen molar-refractivity contribution in [2.45, 2.75) is 53.0 Å². The van der Waals surface area contributed by atoms with E-state index in [1.54, 1.807) is 0 Å². The predicted octanol–water partition coefficient (Wildman–Crippen LogP) is 2.27. The van der Waals surface area contributed by atoms with E-state index in [0.717, 1.165) is 19.5 Å². The average molecular weight is 228 g/mol. The molecule has 3 heteroatoms. The molecule has 0 fully saturated rings. The Kier molecular flexibility index (Phi) is 8.26. The molecule has 0 unspecified atom stereocenters. The Labute approximate surface area is 101 Å². The molecule has 0 aromatic rings. The number of hydrogen-bond acceptors (Lipinski definition) is 2. The second kappa shape index (κ2) is 8.57. The summed E-state index contributed by atoms with van der Waals surface area (Å²) in [6, 6.07) is 0.626. The molecule has 16 heavy (non-hydrogen) atoms. The molecule has 0 bridgehead atoms. The fourth-order valence-corrected chi connectivity index (χ4v) is 1.34. The Morgan fingerprint density at radius 3 is 2.25 bits per heavy atom. The Bertz CT molecular complexity index is 190. The van der Waals surface area contributed by atoms with E-state index in [1.165, 1.54) is 12.8 Å². The van der Waals surface area contributed by atoms with Gasteiger partial charge < -0.3 is 10.2 Å². The van der Waals surface area contributed by atoms with Crippen molar-refractivity contribution in [3.8, 4) is 0 Å². The monoisotopic (exact) mass is 228 g/mol. The van der Waals surface area contributed by atoms with Crippen LogP contribution in [0.5, 0.6) is 0 Å². The molecule has 0 rings (SSSR count). The first-order chi connectivity index (χ1) is 7.45. The minimum atomic E-state index is 0.104. The Balaban J connectivity index is 3.31. The number of unbranched alkanes of at least 4 members (excludes halogenated alkanes) is 2. The zero-order chi connectivity index (χ0) is 12.6. The Morgan fingerprint density at radius 2 is 1.75 bits per heavy atom. The summed E-state index contributed by atoms with van der Waals surface area (Å²) in [5, 5.41) is 2.94. The van der Waals surface area contributed by atoms with Crippen molar-refractivity contribution in [1.29, 1.82) is 0 Å². The summed E-state index contributed by atoms with van der Waals surface area (Å²) in [5.74, 6) is 0.270. The van der Waals surface area contributed by atoms with Gasteiger partial charge in [0, 0.05) is 18.5 Å². The van der Waals surface area contributed by atoms with E-state index in [1.807, 2.05) is 13.8 Å². The SMILES string of the molecule is CC(C)C(=O)NCCCCCN(C)C(C)C. The van der Waals surface area contributed by atoms with Gasteiger partial charge in [0.05, 0.1) is 0 Å². The molecule has 96 valence electrons. The Morgan fingerprint density at radius 1 is 1.12 bits per heavy atom. The Hall–Kier alpha value is -0.570. The maximum Gasteiger partial charge on any atom is 0.222 e. The summed E-state index contributed by atoms with van der Waals surface area (Å²) in [4.78, 5) is 13.6. The number of rotatable bonds is 8. The normalized spacial score (nSPS) is 11.5. The number of nitrogens with zero attached hydrogens (tertiary/aromatic N) is 1. The lowest BCUT2D eigenvalue weighted by Gasteiger charge is -2.20. The fourth-order valence-electron chi connectivity index (χ4n) is 1.34. The summed E-state index contributed by atoms with van der Waals surface area (Å²) in [6.45, 7) is 10.2. The zero-order valence-corrected chi connectivity index (χ0v) is 11.5. The summed E-state index contributed by atoms with van der Waals surface area (Å²) in [7, 11) is 2.16. The van der Waals surface area contributed by atoms with Crippen LogP contribution >= 0.6 is 0 Å². The van der Waals surface area contributed by atoms with Crippen molar-refractivity contribution in [2.75, 3.05) is 20.1 Å². The molecule has 0 atom stereocenters. The molecule has 1 amide bonds. The molecule has 0 heterocycles. The lowest BCUT2D eigenvalue weighted by Crippen LogP contribution is -2.29. The van der Waals surface area contributed by atoms with Gasteiger partial charge >= 0.3 is 0 Å². The van der Waals surface area contributed by atoms with E-state index in [0.29, 0.717) is 6.04 Å². The number of amides is 1. The standard InChI is InChI=1S/C13H28N2O/c1-11(2)13(16)14-9-7-6-8-10-15(5)12(3)4/h11-12H,6-10H2,1-5H3,(H,14,16). The fraction of sp³-hybridized carbons (Fsp3) is 0.923. The molecule has 3 nitrogen and oxygen atoms in total. The quantitative estimate of drug-likeness (QED) is 0.646. The smallest absolute Gasteiger partial charge is 0.222 e. The summed E-state index contributed by atoms with van der Waals surface area (Å²) >= 11 is 0. The van der Waals surface area contributed by atoms with E-state index in [9.17, 15) is 4.79 Å². The second-order valence-corrected chi connectivity index (χ2v) is 5.08. The van der Waals surface area contributed by atoms with Crippen LogP contribution in [-0.4, -0.2) is 37.0 Å². The maximum absolute atomic E-state index is 11.3. The molecule has 0 aliphatic carbocycles. The molecule has 1 N–H and O–H groups in total. The van der Waals surface area contributed by atoms with Crippen LogP contribution in [0.3, 0.4) is 0 Å². The zero-order valence-electron chi connectivity index (χ0n) is 11.5. The van der Waals surface area contributed by atoms with Crippen molar-refractivity contribution in [3.63, 3.8) is 0 Å². The third-order valence-electron chi connectivity index (χ3n) is 2.89. The average Bonchev–Trinajstić information content (AvgIpc) is 2.21. The minimum Gasteiger partial charge on any atom is -0.356 e. The predicted molar refractivity (Wildman–Crippen MR) is 69.5 cm³/mol. The maximum atomic E-state index is 11.3. The van der Waals surface area contributed by atoms with Gasteiger partial charge in [-0.05, 0) is 40.3 Å². The van der Waals surface area contributed by atoms with E-state index in [-0.39, 0.29) is 11.8 Å². The highest BCUT2D eigenvalue weighted by Gasteiger charge is 2.05. The number of carbonyl (C=O) groups is 1. The summed E-state index contributed by atoms with van der Waals surface area (Å²) in [6.07, 6.45) is 3.49. The van der Waals surface area contributed by atoms with Gasteiger partial charge in [-0.3, -0.25) is 4.79 Å². The molecule has 0 saturated heterocycles. The number of nitrogens with one attached hydrogen (secondary N) is 1. The molecule has 0 saturated carbocycles. The lowest BCUT2D eigenvalue weighted by atomic mass is 10.2. The van der Waals surface area contributed by atoms with E-state index in [2.05, 4.69) is 31.1 Å². The third kappa shape index (κ3) is 7.69. The van der Waals surface area contributed by atoms with Crippen LogP contribution in [0.1, 0.15) is 47.0 Å². The molecule has 0 aromatic heterocycles. The van der Waals surface area contributed by atoms with Crippen LogP contribution in [0.15, 0.2) is 0 Å². The van der Waals surface area contributed by atoms with Crippen LogP contribution in [0, 0.1) is 5.92 Å². The first kappa shape index (κ1) is 15.4.